The van der Waals surface area contributed by atoms with Gasteiger partial charge in [-0.05, 0) is 49.4 Å². The molecule has 4 rings (SSSR count). The lowest BCUT2D eigenvalue weighted by Crippen LogP contribution is -2.14. The number of anilines is 2. The summed E-state index contributed by atoms with van der Waals surface area (Å²) in [5.41, 5.74) is 3.21. The van der Waals surface area contributed by atoms with Gasteiger partial charge in [-0.3, -0.25) is 14.9 Å². The maximum Gasteiger partial charge on any atom is 0.322 e. The number of aromatic nitrogens is 2. The third-order valence-corrected chi connectivity index (χ3v) is 4.36. The predicted molar refractivity (Wildman–Crippen MR) is 113 cm³/mol. The van der Waals surface area contributed by atoms with E-state index in [1.54, 1.807) is 36.4 Å². The largest absolute Gasteiger partial charge is 0.403 e. The summed E-state index contributed by atoms with van der Waals surface area (Å²) in [6.45, 7) is 1.95. The van der Waals surface area contributed by atoms with Crippen molar-refractivity contribution in [3.63, 3.8) is 0 Å². The molecule has 1 aromatic heterocycles. The van der Waals surface area contributed by atoms with E-state index < -0.39 is 5.91 Å². The van der Waals surface area contributed by atoms with E-state index in [1.165, 1.54) is 0 Å². The van der Waals surface area contributed by atoms with Crippen LogP contribution >= 0.6 is 0 Å². The summed E-state index contributed by atoms with van der Waals surface area (Å²) >= 11 is 0. The van der Waals surface area contributed by atoms with E-state index in [0.29, 0.717) is 22.7 Å². The molecule has 1 heterocycles. The molecular formula is C23H18N4O3. The van der Waals surface area contributed by atoms with Gasteiger partial charge in [0.2, 0.25) is 5.89 Å². The van der Waals surface area contributed by atoms with Gasteiger partial charge in [-0.25, -0.2) is 0 Å². The van der Waals surface area contributed by atoms with Crippen molar-refractivity contribution in [1.82, 2.24) is 10.2 Å². The number of benzene rings is 3. The highest BCUT2D eigenvalue weighted by atomic mass is 16.4. The van der Waals surface area contributed by atoms with Crippen molar-refractivity contribution in [2.24, 2.45) is 0 Å². The normalized spacial score (nSPS) is 10.4. The van der Waals surface area contributed by atoms with Crippen molar-refractivity contribution < 1.29 is 14.0 Å². The molecule has 148 valence electrons. The maximum atomic E-state index is 12.6. The van der Waals surface area contributed by atoms with Gasteiger partial charge in [-0.15, -0.1) is 5.10 Å². The Bertz CT molecular complexity index is 1180. The summed E-state index contributed by atoms with van der Waals surface area (Å²) < 4.78 is 5.50. The van der Waals surface area contributed by atoms with Crippen molar-refractivity contribution in [3.8, 4) is 11.5 Å². The van der Waals surface area contributed by atoms with Crippen LogP contribution in [0.3, 0.4) is 0 Å². The lowest BCUT2D eigenvalue weighted by Gasteiger charge is -2.07. The fourth-order valence-electron chi connectivity index (χ4n) is 2.79. The number of hydrogen-bond acceptors (Lipinski definition) is 5. The van der Waals surface area contributed by atoms with Crippen molar-refractivity contribution in [1.29, 1.82) is 0 Å². The van der Waals surface area contributed by atoms with Crippen molar-refractivity contribution in [2.75, 3.05) is 10.6 Å². The molecule has 0 aliphatic heterocycles. The average molecular weight is 398 g/mol. The highest BCUT2D eigenvalue weighted by Crippen LogP contribution is 2.20. The van der Waals surface area contributed by atoms with E-state index in [0.717, 1.165) is 11.1 Å². The van der Waals surface area contributed by atoms with Crippen LogP contribution in [0.4, 0.5) is 11.7 Å². The first kappa shape index (κ1) is 19.1. The van der Waals surface area contributed by atoms with E-state index in [-0.39, 0.29) is 11.9 Å². The van der Waals surface area contributed by atoms with Gasteiger partial charge in [-0.1, -0.05) is 47.1 Å². The van der Waals surface area contributed by atoms with Crippen LogP contribution < -0.4 is 10.6 Å². The highest BCUT2D eigenvalue weighted by Gasteiger charge is 2.14. The number of hydrogen-bond donors (Lipinski definition) is 2. The van der Waals surface area contributed by atoms with Crippen LogP contribution in [0.15, 0.2) is 83.3 Å². The van der Waals surface area contributed by atoms with E-state index in [9.17, 15) is 9.59 Å². The minimum Gasteiger partial charge on any atom is -0.403 e. The molecule has 0 radical (unpaired) electrons. The molecule has 7 nitrogen and oxygen atoms in total. The summed E-state index contributed by atoms with van der Waals surface area (Å²) in [7, 11) is 0. The number of nitrogens with one attached hydrogen (secondary N) is 2. The Labute approximate surface area is 172 Å². The number of nitrogens with zero attached hydrogens (tertiary/aromatic N) is 2. The molecule has 4 aromatic rings. The molecule has 0 spiro atoms. The first-order valence-corrected chi connectivity index (χ1v) is 9.27. The second-order valence-corrected chi connectivity index (χ2v) is 6.63. The van der Waals surface area contributed by atoms with E-state index >= 15 is 0 Å². The van der Waals surface area contributed by atoms with Gasteiger partial charge >= 0.3 is 6.01 Å². The van der Waals surface area contributed by atoms with Crippen LogP contribution in [0, 0.1) is 6.92 Å². The van der Waals surface area contributed by atoms with Crippen molar-refractivity contribution in [3.05, 3.63) is 95.6 Å². The standard InChI is InChI=1S/C23H18N4O3/c1-15-10-12-16(13-11-15)20(28)24-19-9-5-8-18(14-19)21(29)25-23-27-26-22(30-23)17-6-3-2-4-7-17/h2-14H,1H3,(H,24,28)(H,25,27,29). The van der Waals surface area contributed by atoms with Crippen molar-refractivity contribution >= 4 is 23.5 Å². The topological polar surface area (TPSA) is 97.1 Å². The van der Waals surface area contributed by atoms with Crippen LogP contribution in [-0.2, 0) is 0 Å². The monoisotopic (exact) mass is 398 g/mol. The lowest BCUT2D eigenvalue weighted by molar-refractivity contribution is 0.101. The van der Waals surface area contributed by atoms with Crippen LogP contribution in [0.2, 0.25) is 0 Å². The quantitative estimate of drug-likeness (QED) is 0.514. The van der Waals surface area contributed by atoms with E-state index in [1.807, 2.05) is 49.4 Å². The maximum absolute atomic E-state index is 12.6. The molecule has 2 N–H and O–H groups in total. The van der Waals surface area contributed by atoms with E-state index in [4.69, 9.17) is 4.42 Å². The van der Waals surface area contributed by atoms with Gasteiger partial charge in [0.05, 0.1) is 0 Å². The Morgan fingerprint density at radius 3 is 2.27 bits per heavy atom. The second-order valence-electron chi connectivity index (χ2n) is 6.63. The van der Waals surface area contributed by atoms with Crippen LogP contribution in [0.25, 0.3) is 11.5 Å². The summed E-state index contributed by atoms with van der Waals surface area (Å²) in [6.07, 6.45) is 0. The minimum atomic E-state index is -0.426. The van der Waals surface area contributed by atoms with Crippen LogP contribution in [-0.4, -0.2) is 22.0 Å². The first-order valence-electron chi connectivity index (χ1n) is 9.27. The Morgan fingerprint density at radius 1 is 0.767 bits per heavy atom. The third kappa shape index (κ3) is 4.41. The zero-order valence-corrected chi connectivity index (χ0v) is 16.1. The summed E-state index contributed by atoms with van der Waals surface area (Å²) in [5.74, 6) is -0.369. The molecule has 0 aliphatic rings. The van der Waals surface area contributed by atoms with Crippen LogP contribution in [0.1, 0.15) is 26.3 Å². The third-order valence-electron chi connectivity index (χ3n) is 4.36. The Balaban J connectivity index is 1.44. The Morgan fingerprint density at radius 2 is 1.50 bits per heavy atom. The molecule has 0 atom stereocenters. The average Bonchev–Trinajstić information content (AvgIpc) is 3.23. The summed E-state index contributed by atoms with van der Waals surface area (Å²) in [4.78, 5) is 24.9. The molecule has 0 saturated carbocycles. The SMILES string of the molecule is Cc1ccc(C(=O)Nc2cccc(C(=O)Nc3nnc(-c4ccccc4)o3)c2)cc1. The number of amides is 2. The van der Waals surface area contributed by atoms with Gasteiger partial charge in [0.1, 0.15) is 0 Å². The molecule has 0 bridgehead atoms. The number of aryl methyl sites for hydroxylation is 1. The van der Waals surface area contributed by atoms with Gasteiger partial charge in [0.15, 0.2) is 0 Å². The smallest absolute Gasteiger partial charge is 0.322 e. The lowest BCUT2D eigenvalue weighted by atomic mass is 10.1. The summed E-state index contributed by atoms with van der Waals surface area (Å²) in [6, 6.07) is 23.1. The first-order chi connectivity index (χ1) is 14.6. The Hall–Kier alpha value is -4.26. The van der Waals surface area contributed by atoms with Crippen molar-refractivity contribution in [2.45, 2.75) is 6.92 Å². The van der Waals surface area contributed by atoms with E-state index in [2.05, 4.69) is 20.8 Å². The molecule has 7 heteroatoms. The second kappa shape index (κ2) is 8.40. The highest BCUT2D eigenvalue weighted by molar-refractivity contribution is 6.06. The summed E-state index contributed by atoms with van der Waals surface area (Å²) in [5, 5.41) is 13.2. The fraction of sp³-hybridized carbons (Fsp3) is 0.0435. The molecule has 0 aliphatic carbocycles. The molecule has 0 saturated heterocycles. The zero-order valence-electron chi connectivity index (χ0n) is 16.1. The van der Waals surface area contributed by atoms with Gasteiger partial charge in [0.25, 0.3) is 11.8 Å². The predicted octanol–water partition coefficient (Wildman–Crippen LogP) is 4.55. The van der Waals surface area contributed by atoms with Gasteiger partial charge in [0, 0.05) is 22.4 Å². The molecule has 0 fully saturated rings. The fourth-order valence-corrected chi connectivity index (χ4v) is 2.79. The molecule has 2 amide bonds. The minimum absolute atomic E-state index is 0.00653. The molecular weight excluding hydrogens is 380 g/mol. The molecule has 0 unspecified atom stereocenters. The zero-order chi connectivity index (χ0) is 20.9. The van der Waals surface area contributed by atoms with Crippen LogP contribution in [0.5, 0.6) is 0 Å². The Kier molecular flexibility index (Phi) is 5.34. The van der Waals surface area contributed by atoms with Gasteiger partial charge < -0.3 is 9.73 Å². The number of carbonyl (C=O) groups excluding carboxylic acids is 2. The molecule has 30 heavy (non-hydrogen) atoms. The molecule has 3 aromatic carbocycles. The van der Waals surface area contributed by atoms with Gasteiger partial charge in [-0.2, -0.15) is 0 Å². The number of rotatable bonds is 5. The number of carbonyl (C=O) groups is 2.